The molecule has 0 fully saturated rings. The average Bonchev–Trinajstić information content (AvgIpc) is 2.67. The van der Waals surface area contributed by atoms with Crippen LogP contribution >= 0.6 is 39.3 Å². The molecule has 1 N–H and O–H groups in total. The van der Waals surface area contributed by atoms with E-state index in [1.165, 1.54) is 11.8 Å². The standard InChI is InChI=1S/C21H24BrClN2O2S/c1-3-24-21(27)15(2)25(12-16-7-6-9-18(22)11-16)20(26)14-28-13-17-8-4-5-10-19(17)23/h4-11,15H,3,12-14H2,1-2H3,(H,24,27). The molecule has 2 rings (SSSR count). The van der Waals surface area contributed by atoms with Crippen LogP contribution in [0.2, 0.25) is 5.02 Å². The second-order valence-corrected chi connectivity index (χ2v) is 8.61. The SMILES string of the molecule is CCNC(=O)C(C)N(Cc1cccc(Br)c1)C(=O)CSCc1ccccc1Cl. The molecule has 0 aliphatic rings. The van der Waals surface area contributed by atoms with E-state index in [0.29, 0.717) is 23.9 Å². The number of amides is 2. The third-order valence-electron chi connectivity index (χ3n) is 4.20. The molecule has 2 amide bonds. The largest absolute Gasteiger partial charge is 0.355 e. The summed E-state index contributed by atoms with van der Waals surface area (Å²) in [6, 6.07) is 14.8. The van der Waals surface area contributed by atoms with Crippen molar-refractivity contribution in [3.63, 3.8) is 0 Å². The van der Waals surface area contributed by atoms with Crippen molar-refractivity contribution in [2.45, 2.75) is 32.2 Å². The van der Waals surface area contributed by atoms with Crippen LogP contribution in [0.4, 0.5) is 0 Å². The summed E-state index contributed by atoms with van der Waals surface area (Å²) in [4.78, 5) is 26.9. The minimum atomic E-state index is -0.549. The van der Waals surface area contributed by atoms with Gasteiger partial charge in [0.25, 0.3) is 0 Å². The van der Waals surface area contributed by atoms with Crippen LogP contribution in [0.1, 0.15) is 25.0 Å². The van der Waals surface area contributed by atoms with Crippen LogP contribution in [0.3, 0.4) is 0 Å². The molecule has 1 unspecified atom stereocenters. The lowest BCUT2D eigenvalue weighted by atomic mass is 10.1. The molecule has 0 spiro atoms. The molecular weight excluding hydrogens is 460 g/mol. The Hall–Kier alpha value is -1.50. The Kier molecular flexibility index (Phi) is 9.35. The predicted octanol–water partition coefficient (Wildman–Crippen LogP) is 4.89. The lowest BCUT2D eigenvalue weighted by molar-refractivity contribution is -0.138. The van der Waals surface area contributed by atoms with E-state index in [-0.39, 0.29) is 17.6 Å². The van der Waals surface area contributed by atoms with E-state index < -0.39 is 6.04 Å². The topological polar surface area (TPSA) is 49.4 Å². The molecule has 7 heteroatoms. The van der Waals surface area contributed by atoms with Crippen LogP contribution in [0.25, 0.3) is 0 Å². The molecule has 0 heterocycles. The fourth-order valence-corrected chi connectivity index (χ4v) is 4.33. The van der Waals surface area contributed by atoms with E-state index in [0.717, 1.165) is 15.6 Å². The van der Waals surface area contributed by atoms with Crippen LogP contribution in [-0.2, 0) is 21.9 Å². The summed E-state index contributed by atoms with van der Waals surface area (Å²) in [5.74, 6) is 0.701. The molecule has 0 saturated carbocycles. The maximum absolute atomic E-state index is 12.9. The van der Waals surface area contributed by atoms with Gasteiger partial charge in [-0.2, -0.15) is 0 Å². The molecule has 4 nitrogen and oxygen atoms in total. The molecule has 0 aliphatic carbocycles. The van der Waals surface area contributed by atoms with E-state index in [2.05, 4.69) is 21.2 Å². The number of hydrogen-bond acceptors (Lipinski definition) is 3. The highest BCUT2D eigenvalue weighted by Crippen LogP contribution is 2.22. The van der Waals surface area contributed by atoms with Gasteiger partial charge >= 0.3 is 0 Å². The van der Waals surface area contributed by atoms with Gasteiger partial charge in [0.2, 0.25) is 11.8 Å². The molecule has 2 aromatic carbocycles. The highest BCUT2D eigenvalue weighted by molar-refractivity contribution is 9.10. The lowest BCUT2D eigenvalue weighted by Crippen LogP contribution is -2.48. The van der Waals surface area contributed by atoms with Gasteiger partial charge in [-0.1, -0.05) is 57.9 Å². The molecular formula is C21H24BrClN2O2S. The number of hydrogen-bond donors (Lipinski definition) is 1. The van der Waals surface area contributed by atoms with Gasteiger partial charge in [0, 0.05) is 28.3 Å². The molecule has 0 radical (unpaired) electrons. The number of carbonyl (C=O) groups excluding carboxylic acids is 2. The van der Waals surface area contributed by atoms with Gasteiger partial charge < -0.3 is 10.2 Å². The van der Waals surface area contributed by atoms with E-state index >= 15 is 0 Å². The minimum absolute atomic E-state index is 0.0733. The fourth-order valence-electron chi connectivity index (χ4n) is 2.68. The summed E-state index contributed by atoms with van der Waals surface area (Å²) in [6.07, 6.45) is 0. The number of nitrogens with zero attached hydrogens (tertiary/aromatic N) is 1. The number of benzene rings is 2. The molecule has 150 valence electrons. The quantitative estimate of drug-likeness (QED) is 0.552. The first-order valence-corrected chi connectivity index (χ1v) is 11.4. The fraction of sp³-hybridized carbons (Fsp3) is 0.333. The zero-order chi connectivity index (χ0) is 20.5. The highest BCUT2D eigenvalue weighted by atomic mass is 79.9. The molecule has 1 atom stereocenters. The van der Waals surface area contributed by atoms with Crippen molar-refractivity contribution in [2.24, 2.45) is 0 Å². The van der Waals surface area contributed by atoms with E-state index in [9.17, 15) is 9.59 Å². The zero-order valence-electron chi connectivity index (χ0n) is 16.0. The Labute approximate surface area is 184 Å². The third-order valence-corrected chi connectivity index (χ3v) is 6.03. The average molecular weight is 484 g/mol. The van der Waals surface area contributed by atoms with Crippen molar-refractivity contribution >= 4 is 51.1 Å². The second kappa shape index (κ2) is 11.5. The maximum Gasteiger partial charge on any atom is 0.242 e. The summed E-state index contributed by atoms with van der Waals surface area (Å²) >= 11 is 11.1. The van der Waals surface area contributed by atoms with Gasteiger partial charge in [-0.3, -0.25) is 9.59 Å². The Morgan fingerprint density at radius 1 is 1.21 bits per heavy atom. The molecule has 0 saturated heterocycles. The van der Waals surface area contributed by atoms with Gasteiger partial charge in [-0.15, -0.1) is 11.8 Å². The highest BCUT2D eigenvalue weighted by Gasteiger charge is 2.25. The van der Waals surface area contributed by atoms with Crippen molar-refractivity contribution in [3.8, 4) is 0 Å². The van der Waals surface area contributed by atoms with Crippen LogP contribution < -0.4 is 5.32 Å². The Morgan fingerprint density at radius 3 is 2.64 bits per heavy atom. The number of thioether (sulfide) groups is 1. The minimum Gasteiger partial charge on any atom is -0.355 e. The van der Waals surface area contributed by atoms with Gasteiger partial charge in [0.1, 0.15) is 6.04 Å². The molecule has 28 heavy (non-hydrogen) atoms. The van der Waals surface area contributed by atoms with Crippen molar-refractivity contribution in [1.29, 1.82) is 0 Å². The van der Waals surface area contributed by atoms with Gasteiger partial charge in [-0.05, 0) is 43.2 Å². The van der Waals surface area contributed by atoms with Crippen LogP contribution in [0, 0.1) is 0 Å². The first-order valence-electron chi connectivity index (χ1n) is 9.05. The molecule has 0 aromatic heterocycles. The van der Waals surface area contributed by atoms with Crippen molar-refractivity contribution in [2.75, 3.05) is 12.3 Å². The van der Waals surface area contributed by atoms with Crippen molar-refractivity contribution in [1.82, 2.24) is 10.2 Å². The zero-order valence-corrected chi connectivity index (χ0v) is 19.1. The van der Waals surface area contributed by atoms with Crippen LogP contribution in [0.5, 0.6) is 0 Å². The first-order chi connectivity index (χ1) is 13.4. The predicted molar refractivity (Wildman–Crippen MR) is 120 cm³/mol. The third kappa shape index (κ3) is 6.83. The van der Waals surface area contributed by atoms with E-state index in [4.69, 9.17) is 11.6 Å². The first kappa shape index (κ1) is 22.8. The van der Waals surface area contributed by atoms with Crippen LogP contribution in [-0.4, -0.2) is 35.1 Å². The lowest BCUT2D eigenvalue weighted by Gasteiger charge is -2.28. The second-order valence-electron chi connectivity index (χ2n) is 6.31. The summed E-state index contributed by atoms with van der Waals surface area (Å²) < 4.78 is 0.941. The molecule has 0 aliphatic heterocycles. The smallest absolute Gasteiger partial charge is 0.242 e. The summed E-state index contributed by atoms with van der Waals surface area (Å²) in [5, 5.41) is 3.50. The van der Waals surface area contributed by atoms with Gasteiger partial charge in [0.15, 0.2) is 0 Å². The summed E-state index contributed by atoms with van der Waals surface area (Å²) in [6.45, 7) is 4.54. The summed E-state index contributed by atoms with van der Waals surface area (Å²) in [5.41, 5.74) is 1.97. The Morgan fingerprint density at radius 2 is 1.96 bits per heavy atom. The molecule has 2 aromatic rings. The van der Waals surface area contributed by atoms with Gasteiger partial charge in [-0.25, -0.2) is 0 Å². The van der Waals surface area contributed by atoms with E-state index in [1.807, 2.05) is 55.5 Å². The Balaban J connectivity index is 2.07. The number of carbonyl (C=O) groups is 2. The molecule has 0 bridgehead atoms. The summed E-state index contributed by atoms with van der Waals surface area (Å²) in [7, 11) is 0. The van der Waals surface area contributed by atoms with Crippen molar-refractivity contribution in [3.05, 3.63) is 69.2 Å². The Bertz CT molecular complexity index is 818. The number of halogens is 2. The maximum atomic E-state index is 12.9. The van der Waals surface area contributed by atoms with E-state index in [1.54, 1.807) is 11.8 Å². The number of nitrogens with one attached hydrogen (secondary N) is 1. The van der Waals surface area contributed by atoms with Gasteiger partial charge in [0.05, 0.1) is 5.75 Å². The number of likely N-dealkylation sites (N-methyl/N-ethyl adjacent to an activating group) is 1. The van der Waals surface area contributed by atoms with Crippen LogP contribution in [0.15, 0.2) is 53.0 Å². The monoisotopic (exact) mass is 482 g/mol. The normalized spacial score (nSPS) is 11.7. The number of rotatable bonds is 9. The van der Waals surface area contributed by atoms with Crippen molar-refractivity contribution < 1.29 is 9.59 Å².